The molecule has 4 aromatic heterocycles. The lowest BCUT2D eigenvalue weighted by Gasteiger charge is -2.11. The third kappa shape index (κ3) is 6.43. The molecule has 0 unspecified atom stereocenters. The van der Waals surface area contributed by atoms with Gasteiger partial charge in [-0.25, -0.2) is 15.0 Å². The van der Waals surface area contributed by atoms with Crippen molar-refractivity contribution in [3.8, 4) is 56.7 Å². The first-order valence-corrected chi connectivity index (χ1v) is 25.4. The van der Waals surface area contributed by atoms with Crippen molar-refractivity contribution in [2.75, 3.05) is 0 Å². The van der Waals surface area contributed by atoms with Gasteiger partial charge in [0.15, 0.2) is 23.1 Å². The number of fused-ring (bicyclic) bond motifs is 14. The Morgan fingerprint density at radius 3 is 1.68 bits per heavy atom. The van der Waals surface area contributed by atoms with Crippen LogP contribution in [0.5, 0.6) is 0 Å². The molecule has 16 aromatic rings. The number of nitrogens with zero attached hydrogens (tertiary/aromatic N) is 5. The van der Waals surface area contributed by atoms with E-state index in [1.54, 1.807) is 0 Å². The average molecular weight is 956 g/mol. The van der Waals surface area contributed by atoms with Gasteiger partial charge in [-0.05, 0) is 110 Å². The summed E-state index contributed by atoms with van der Waals surface area (Å²) in [6.45, 7) is 0. The standard InChI is InChI=1S/C69H41N5O/c1-3-15-42(16-4-1)45-20-13-21-48(37-45)67-70-68(72-69(71-67)50-31-34-54-53-25-11-12-27-58(53)73(61(54)41-50)51-22-5-2-6-23-51)49-30-29-44-33-36-63-65(56(44)39-49)55-26-14-28-60(66(55)75-63)74-59-35-32-43-17-9-10-24-52(43)64(59)57-38-46-18-7-8-19-47(46)40-62(57)74/h1-41H. The average Bonchev–Trinajstić information content (AvgIpc) is 4.15. The molecule has 6 nitrogen and oxygen atoms in total. The summed E-state index contributed by atoms with van der Waals surface area (Å²) < 4.78 is 11.8. The second-order valence-electron chi connectivity index (χ2n) is 19.5. The molecule has 0 aliphatic carbocycles. The summed E-state index contributed by atoms with van der Waals surface area (Å²) in [5.74, 6) is 1.77. The predicted molar refractivity (Wildman–Crippen MR) is 310 cm³/mol. The first-order valence-electron chi connectivity index (χ1n) is 25.4. The smallest absolute Gasteiger partial charge is 0.164 e. The van der Waals surface area contributed by atoms with Crippen LogP contribution in [0.1, 0.15) is 0 Å². The third-order valence-corrected chi connectivity index (χ3v) is 15.3. The van der Waals surface area contributed by atoms with E-state index < -0.39 is 0 Å². The quantitative estimate of drug-likeness (QED) is 0.167. The first kappa shape index (κ1) is 41.4. The van der Waals surface area contributed by atoms with Gasteiger partial charge < -0.3 is 13.6 Å². The molecule has 0 bridgehead atoms. The first-order chi connectivity index (χ1) is 37.2. The van der Waals surface area contributed by atoms with E-state index in [0.717, 1.165) is 99.4 Å². The SMILES string of the molecule is c1ccc(-c2cccc(-c3nc(-c4ccc5ccc6oc7c(-n8c9cc%10ccccc%10cc9c9c%10ccccc%10ccc98)cccc7c6c5c4)nc(-c4ccc5c6ccccc6n(-c6ccccc6)c5c4)n3)c2)cc1. The van der Waals surface area contributed by atoms with E-state index in [1.807, 2.05) is 6.07 Å². The van der Waals surface area contributed by atoms with Crippen molar-refractivity contribution >= 4 is 97.9 Å². The van der Waals surface area contributed by atoms with Gasteiger partial charge in [-0.2, -0.15) is 0 Å². The molecular weight excluding hydrogens is 915 g/mol. The van der Waals surface area contributed by atoms with Crippen LogP contribution in [0.25, 0.3) is 155 Å². The Morgan fingerprint density at radius 2 is 0.853 bits per heavy atom. The molecule has 4 heterocycles. The maximum absolute atomic E-state index is 7.07. The van der Waals surface area contributed by atoms with Crippen LogP contribution < -0.4 is 0 Å². The van der Waals surface area contributed by atoms with Gasteiger partial charge in [0.05, 0.1) is 27.8 Å². The number of benzene rings is 12. The molecule has 0 amide bonds. The number of furan rings is 1. The monoisotopic (exact) mass is 955 g/mol. The molecule has 0 atom stereocenters. The van der Waals surface area contributed by atoms with Crippen molar-refractivity contribution in [3.63, 3.8) is 0 Å². The Bertz CT molecular complexity index is 5010. The molecule has 0 saturated heterocycles. The van der Waals surface area contributed by atoms with E-state index in [4.69, 9.17) is 19.4 Å². The number of hydrogen-bond acceptors (Lipinski definition) is 4. The fraction of sp³-hybridized carbons (Fsp3) is 0. The molecular formula is C69H41N5O. The van der Waals surface area contributed by atoms with Gasteiger partial charge in [-0.1, -0.05) is 182 Å². The second-order valence-corrected chi connectivity index (χ2v) is 19.5. The molecule has 0 aliphatic rings. The molecule has 348 valence electrons. The zero-order chi connectivity index (χ0) is 49.1. The van der Waals surface area contributed by atoms with Crippen LogP contribution in [0.3, 0.4) is 0 Å². The Morgan fingerprint density at radius 1 is 0.280 bits per heavy atom. The van der Waals surface area contributed by atoms with Gasteiger partial charge >= 0.3 is 0 Å². The van der Waals surface area contributed by atoms with Crippen LogP contribution in [0.2, 0.25) is 0 Å². The Balaban J connectivity index is 0.909. The summed E-state index contributed by atoms with van der Waals surface area (Å²) in [5, 5.41) is 13.9. The van der Waals surface area contributed by atoms with Crippen LogP contribution in [0.15, 0.2) is 253 Å². The van der Waals surface area contributed by atoms with E-state index >= 15 is 0 Å². The molecule has 0 saturated carbocycles. The molecule has 75 heavy (non-hydrogen) atoms. The highest BCUT2D eigenvalue weighted by atomic mass is 16.3. The largest absolute Gasteiger partial charge is 0.454 e. The van der Waals surface area contributed by atoms with Gasteiger partial charge in [0.2, 0.25) is 0 Å². The van der Waals surface area contributed by atoms with Crippen LogP contribution in [-0.4, -0.2) is 24.1 Å². The molecule has 0 spiro atoms. The van der Waals surface area contributed by atoms with E-state index in [-0.39, 0.29) is 0 Å². The minimum Gasteiger partial charge on any atom is -0.454 e. The van der Waals surface area contributed by atoms with Crippen molar-refractivity contribution in [2.45, 2.75) is 0 Å². The summed E-state index contributed by atoms with van der Waals surface area (Å²) in [6.07, 6.45) is 0. The molecule has 0 fully saturated rings. The van der Waals surface area contributed by atoms with Crippen molar-refractivity contribution < 1.29 is 4.42 Å². The fourth-order valence-corrected chi connectivity index (χ4v) is 11.8. The fourth-order valence-electron chi connectivity index (χ4n) is 11.8. The molecule has 0 N–H and O–H groups in total. The van der Waals surface area contributed by atoms with Gasteiger partial charge in [0.25, 0.3) is 0 Å². The summed E-state index contributed by atoms with van der Waals surface area (Å²) in [4.78, 5) is 16.0. The highest BCUT2D eigenvalue weighted by Gasteiger charge is 2.22. The zero-order valence-corrected chi connectivity index (χ0v) is 40.3. The van der Waals surface area contributed by atoms with E-state index in [9.17, 15) is 0 Å². The van der Waals surface area contributed by atoms with Crippen molar-refractivity contribution in [2.24, 2.45) is 0 Å². The van der Waals surface area contributed by atoms with Crippen molar-refractivity contribution in [1.82, 2.24) is 24.1 Å². The van der Waals surface area contributed by atoms with Crippen LogP contribution >= 0.6 is 0 Å². The van der Waals surface area contributed by atoms with Crippen molar-refractivity contribution in [3.05, 3.63) is 249 Å². The number of rotatable bonds is 6. The maximum atomic E-state index is 7.07. The Labute approximate surface area is 429 Å². The van der Waals surface area contributed by atoms with Crippen LogP contribution in [0.4, 0.5) is 0 Å². The van der Waals surface area contributed by atoms with E-state index in [1.165, 1.54) is 37.7 Å². The lowest BCUT2D eigenvalue weighted by Crippen LogP contribution is -2.01. The maximum Gasteiger partial charge on any atom is 0.164 e. The Kier molecular flexibility index (Phi) is 8.94. The topological polar surface area (TPSA) is 61.7 Å². The normalized spacial score (nSPS) is 12.0. The number of aromatic nitrogens is 5. The van der Waals surface area contributed by atoms with Gasteiger partial charge in [0, 0.05) is 54.7 Å². The van der Waals surface area contributed by atoms with Gasteiger partial charge in [0.1, 0.15) is 5.58 Å². The molecule has 0 aliphatic heterocycles. The summed E-state index contributed by atoms with van der Waals surface area (Å²) in [7, 11) is 0. The summed E-state index contributed by atoms with van der Waals surface area (Å²) >= 11 is 0. The Hall–Kier alpha value is -10.2. The van der Waals surface area contributed by atoms with E-state index in [0.29, 0.717) is 17.5 Å². The summed E-state index contributed by atoms with van der Waals surface area (Å²) in [5.41, 5.74) is 13.1. The van der Waals surface area contributed by atoms with E-state index in [2.05, 4.69) is 252 Å². The third-order valence-electron chi connectivity index (χ3n) is 15.3. The molecule has 12 aromatic carbocycles. The molecule has 16 rings (SSSR count). The lowest BCUT2D eigenvalue weighted by atomic mass is 10.0. The van der Waals surface area contributed by atoms with Crippen LogP contribution in [0, 0.1) is 0 Å². The minimum absolute atomic E-state index is 0.584. The highest BCUT2D eigenvalue weighted by molar-refractivity contribution is 6.25. The minimum atomic E-state index is 0.584. The number of para-hydroxylation sites is 3. The highest BCUT2D eigenvalue weighted by Crippen LogP contribution is 2.44. The van der Waals surface area contributed by atoms with Gasteiger partial charge in [-0.15, -0.1) is 0 Å². The van der Waals surface area contributed by atoms with Crippen LogP contribution in [-0.2, 0) is 0 Å². The number of hydrogen-bond donors (Lipinski definition) is 0. The van der Waals surface area contributed by atoms with Crippen molar-refractivity contribution in [1.29, 1.82) is 0 Å². The lowest BCUT2D eigenvalue weighted by molar-refractivity contribution is 0.666. The van der Waals surface area contributed by atoms with Gasteiger partial charge in [-0.3, -0.25) is 0 Å². The molecule has 0 radical (unpaired) electrons. The predicted octanol–water partition coefficient (Wildman–Crippen LogP) is 18.1. The summed E-state index contributed by atoms with van der Waals surface area (Å²) in [6, 6.07) is 88.6. The molecule has 6 heteroatoms. The zero-order valence-electron chi connectivity index (χ0n) is 40.3. The second kappa shape index (κ2) is 16.2.